The van der Waals surface area contributed by atoms with Gasteiger partial charge in [0.25, 0.3) is 0 Å². The smallest absolute Gasteiger partial charge is 0.328 e. The highest BCUT2D eigenvalue weighted by atomic mass is 16.5. The lowest BCUT2D eigenvalue weighted by molar-refractivity contribution is -0.145. The molecule has 0 aliphatic carbocycles. The first-order valence-corrected chi connectivity index (χ1v) is 7.95. The standard InChI is InChI=1S/C19H20N2O5/c1-13(19(24)26-12-17(22)16-4-3-11-20-16)21-18(23)10-7-14-5-8-15(25-2)9-6-14/h3-11,13,20H,12H2,1-2H3,(H,21,23). The number of H-pyrrole nitrogens is 1. The molecule has 0 fully saturated rings. The average molecular weight is 356 g/mol. The van der Waals surface area contributed by atoms with Crippen molar-refractivity contribution in [3.8, 4) is 5.75 Å². The predicted molar refractivity (Wildman–Crippen MR) is 95.7 cm³/mol. The number of hydrogen-bond donors (Lipinski definition) is 2. The van der Waals surface area contributed by atoms with Crippen molar-refractivity contribution in [2.45, 2.75) is 13.0 Å². The van der Waals surface area contributed by atoms with E-state index in [0.717, 1.165) is 11.3 Å². The highest BCUT2D eigenvalue weighted by molar-refractivity contribution is 5.97. The molecule has 0 saturated carbocycles. The predicted octanol–water partition coefficient (Wildman–Crippen LogP) is 1.97. The number of carbonyl (C=O) groups is 3. The molecule has 2 N–H and O–H groups in total. The number of aromatic amines is 1. The summed E-state index contributed by atoms with van der Waals surface area (Å²) in [6, 6.07) is 9.54. The molecule has 7 heteroatoms. The number of methoxy groups -OCH3 is 1. The zero-order valence-corrected chi connectivity index (χ0v) is 14.5. The zero-order valence-electron chi connectivity index (χ0n) is 14.5. The second-order valence-electron chi connectivity index (χ2n) is 5.45. The third-order valence-electron chi connectivity index (χ3n) is 3.50. The molecule has 1 heterocycles. The summed E-state index contributed by atoms with van der Waals surface area (Å²) < 4.78 is 9.97. The molecule has 0 aliphatic rings. The fourth-order valence-corrected chi connectivity index (χ4v) is 2.05. The second kappa shape index (κ2) is 9.22. The highest BCUT2D eigenvalue weighted by Crippen LogP contribution is 2.12. The van der Waals surface area contributed by atoms with E-state index in [0.29, 0.717) is 5.69 Å². The summed E-state index contributed by atoms with van der Waals surface area (Å²) in [5, 5.41) is 2.49. The van der Waals surface area contributed by atoms with Gasteiger partial charge in [-0.2, -0.15) is 0 Å². The molecule has 1 aromatic heterocycles. The minimum Gasteiger partial charge on any atom is -0.497 e. The van der Waals surface area contributed by atoms with Gasteiger partial charge in [-0.25, -0.2) is 4.79 Å². The maximum atomic E-state index is 11.9. The zero-order chi connectivity index (χ0) is 18.9. The molecule has 0 bridgehead atoms. The fraction of sp³-hybridized carbons (Fsp3) is 0.211. The van der Waals surface area contributed by atoms with Crippen LogP contribution in [0.2, 0.25) is 0 Å². The molecule has 1 atom stereocenters. The summed E-state index contributed by atoms with van der Waals surface area (Å²) in [5.41, 5.74) is 1.17. The quantitative estimate of drug-likeness (QED) is 0.428. The number of amides is 1. The first-order valence-electron chi connectivity index (χ1n) is 7.95. The van der Waals surface area contributed by atoms with Gasteiger partial charge >= 0.3 is 5.97 Å². The van der Waals surface area contributed by atoms with Crippen LogP contribution in [0.15, 0.2) is 48.7 Å². The molecule has 1 amide bonds. The van der Waals surface area contributed by atoms with Crippen molar-refractivity contribution in [2.75, 3.05) is 13.7 Å². The first-order chi connectivity index (χ1) is 12.5. The third kappa shape index (κ3) is 5.62. The van der Waals surface area contributed by atoms with Gasteiger partial charge in [0.15, 0.2) is 6.61 Å². The van der Waals surface area contributed by atoms with Gasteiger partial charge in [0.1, 0.15) is 11.8 Å². The molecule has 0 spiro atoms. The molecule has 136 valence electrons. The monoisotopic (exact) mass is 356 g/mol. The number of hydrogen-bond acceptors (Lipinski definition) is 5. The van der Waals surface area contributed by atoms with Crippen molar-refractivity contribution in [3.63, 3.8) is 0 Å². The average Bonchev–Trinajstić information content (AvgIpc) is 3.19. The molecule has 2 aromatic rings. The Morgan fingerprint density at radius 3 is 2.54 bits per heavy atom. The van der Waals surface area contributed by atoms with Crippen LogP contribution in [0.4, 0.5) is 0 Å². The van der Waals surface area contributed by atoms with Gasteiger partial charge in [-0.05, 0) is 42.8 Å². The summed E-state index contributed by atoms with van der Waals surface area (Å²) in [6.07, 6.45) is 4.53. The van der Waals surface area contributed by atoms with Crippen LogP contribution in [0.25, 0.3) is 6.08 Å². The van der Waals surface area contributed by atoms with E-state index < -0.39 is 17.9 Å². The molecular weight excluding hydrogens is 336 g/mol. The summed E-state index contributed by atoms with van der Waals surface area (Å²) in [6.45, 7) is 1.10. The van der Waals surface area contributed by atoms with Crippen LogP contribution in [0, 0.1) is 0 Å². The highest BCUT2D eigenvalue weighted by Gasteiger charge is 2.18. The first kappa shape index (κ1) is 19.0. The van der Waals surface area contributed by atoms with Gasteiger partial charge in [-0.3, -0.25) is 9.59 Å². The summed E-state index contributed by atoms with van der Waals surface area (Å²) >= 11 is 0. The van der Waals surface area contributed by atoms with Gasteiger partial charge in [0, 0.05) is 12.3 Å². The number of ketones is 1. The summed E-state index contributed by atoms with van der Waals surface area (Å²) in [5.74, 6) is -0.754. The maximum Gasteiger partial charge on any atom is 0.328 e. The lowest BCUT2D eigenvalue weighted by Gasteiger charge is -2.11. The van der Waals surface area contributed by atoms with Crippen LogP contribution in [0.1, 0.15) is 23.0 Å². The van der Waals surface area contributed by atoms with Crippen LogP contribution in [-0.2, 0) is 14.3 Å². The summed E-state index contributed by atoms with van der Waals surface area (Å²) in [7, 11) is 1.57. The number of ether oxygens (including phenoxy) is 2. The van der Waals surface area contributed by atoms with Gasteiger partial charge in [-0.15, -0.1) is 0 Å². The van der Waals surface area contributed by atoms with E-state index in [4.69, 9.17) is 9.47 Å². The minimum absolute atomic E-state index is 0.346. The largest absolute Gasteiger partial charge is 0.497 e. The van der Waals surface area contributed by atoms with Crippen LogP contribution in [-0.4, -0.2) is 42.4 Å². The molecule has 1 unspecified atom stereocenters. The molecule has 26 heavy (non-hydrogen) atoms. The molecule has 0 saturated heterocycles. The van der Waals surface area contributed by atoms with Crippen molar-refractivity contribution in [1.82, 2.24) is 10.3 Å². The number of benzene rings is 1. The van der Waals surface area contributed by atoms with Crippen molar-refractivity contribution in [3.05, 3.63) is 59.9 Å². The Balaban J connectivity index is 1.78. The van der Waals surface area contributed by atoms with Crippen molar-refractivity contribution in [1.29, 1.82) is 0 Å². The topological polar surface area (TPSA) is 97.5 Å². The minimum atomic E-state index is -0.876. The Hall–Kier alpha value is -3.35. The number of aromatic nitrogens is 1. The van der Waals surface area contributed by atoms with Crippen molar-refractivity contribution >= 4 is 23.7 Å². The third-order valence-corrected chi connectivity index (χ3v) is 3.50. The number of esters is 1. The van der Waals surface area contributed by atoms with Gasteiger partial charge in [-0.1, -0.05) is 12.1 Å². The maximum absolute atomic E-state index is 11.9. The molecule has 7 nitrogen and oxygen atoms in total. The molecule has 0 radical (unpaired) electrons. The Bertz CT molecular complexity index is 779. The van der Waals surface area contributed by atoms with Gasteiger partial charge < -0.3 is 19.8 Å². The Labute approximate surface area is 151 Å². The van der Waals surface area contributed by atoms with Crippen molar-refractivity contribution in [2.24, 2.45) is 0 Å². The van der Waals surface area contributed by atoms with Gasteiger partial charge in [0.05, 0.1) is 12.8 Å². The lowest BCUT2D eigenvalue weighted by Crippen LogP contribution is -2.39. The lowest BCUT2D eigenvalue weighted by atomic mass is 10.2. The van der Waals surface area contributed by atoms with Crippen molar-refractivity contribution < 1.29 is 23.9 Å². The molecular formula is C19H20N2O5. The molecule has 2 rings (SSSR count). The Morgan fingerprint density at radius 1 is 1.19 bits per heavy atom. The number of rotatable bonds is 8. The normalized spacial score (nSPS) is 11.8. The fourth-order valence-electron chi connectivity index (χ4n) is 2.05. The van der Waals surface area contributed by atoms with E-state index in [9.17, 15) is 14.4 Å². The SMILES string of the molecule is COc1ccc(C=CC(=O)NC(C)C(=O)OCC(=O)c2ccc[nH]2)cc1. The van der Waals surface area contributed by atoms with E-state index in [1.54, 1.807) is 55.8 Å². The van der Waals surface area contributed by atoms with Gasteiger partial charge in [0.2, 0.25) is 11.7 Å². The Morgan fingerprint density at radius 2 is 1.92 bits per heavy atom. The van der Waals surface area contributed by atoms with E-state index in [-0.39, 0.29) is 12.4 Å². The number of carbonyl (C=O) groups excluding carboxylic acids is 3. The summed E-state index contributed by atoms with van der Waals surface area (Å²) in [4.78, 5) is 38.2. The van der Waals surface area contributed by atoms with E-state index in [1.807, 2.05) is 0 Å². The molecule has 1 aromatic carbocycles. The van der Waals surface area contributed by atoms with E-state index in [1.165, 1.54) is 13.0 Å². The van der Waals surface area contributed by atoms with Crippen LogP contribution in [0.5, 0.6) is 5.75 Å². The number of nitrogens with one attached hydrogen (secondary N) is 2. The number of Topliss-reactive ketones (excluding diaryl/α,β-unsaturated/α-hetero) is 1. The Kier molecular flexibility index (Phi) is 6.73. The van der Waals surface area contributed by atoms with Crippen LogP contribution in [0.3, 0.4) is 0 Å². The van der Waals surface area contributed by atoms with E-state index >= 15 is 0 Å². The van der Waals surface area contributed by atoms with Crippen LogP contribution < -0.4 is 10.1 Å². The molecule has 0 aliphatic heterocycles. The second-order valence-corrected chi connectivity index (χ2v) is 5.45. The van der Waals surface area contributed by atoms with Crippen LogP contribution >= 0.6 is 0 Å². The van der Waals surface area contributed by atoms with E-state index in [2.05, 4.69) is 10.3 Å².